The van der Waals surface area contributed by atoms with Crippen molar-refractivity contribution in [3.8, 4) is 0 Å². The summed E-state index contributed by atoms with van der Waals surface area (Å²) < 4.78 is 0. The van der Waals surface area contributed by atoms with Gasteiger partial charge in [-0.2, -0.15) is 0 Å². The summed E-state index contributed by atoms with van der Waals surface area (Å²) in [6, 6.07) is 9.15. The molecule has 0 atom stereocenters. The quantitative estimate of drug-likeness (QED) is 0.714. The molecule has 0 unspecified atom stereocenters. The summed E-state index contributed by atoms with van der Waals surface area (Å²) in [6.07, 6.45) is 9.32. The Labute approximate surface area is 130 Å². The number of benzene rings is 1. The molecular weight excluding hydrogens is 256 g/mol. The minimum absolute atomic E-state index is 0.804. The maximum absolute atomic E-state index is 6.04. The third kappa shape index (κ3) is 5.35. The molecule has 21 heavy (non-hydrogen) atoms. The lowest BCUT2D eigenvalue weighted by molar-refractivity contribution is 0.186. The van der Waals surface area contributed by atoms with E-state index in [1.165, 1.54) is 57.2 Å². The number of para-hydroxylation sites is 1. The normalized spacial score (nSPS) is 16.2. The first-order chi connectivity index (χ1) is 10.2. The molecule has 1 saturated carbocycles. The highest BCUT2D eigenvalue weighted by Gasteiger charge is 2.22. The molecule has 0 bridgehead atoms. The van der Waals surface area contributed by atoms with Crippen molar-refractivity contribution in [1.82, 2.24) is 4.90 Å². The topological polar surface area (TPSA) is 29.3 Å². The van der Waals surface area contributed by atoms with Crippen LogP contribution < -0.4 is 5.73 Å². The van der Waals surface area contributed by atoms with Crippen molar-refractivity contribution in [2.45, 2.75) is 64.8 Å². The number of rotatable bonds is 8. The number of hydrogen-bond donors (Lipinski definition) is 1. The zero-order valence-electron chi connectivity index (χ0n) is 13.9. The molecule has 0 heterocycles. The molecule has 2 rings (SSSR count). The Balaban J connectivity index is 1.82. The summed E-state index contributed by atoms with van der Waals surface area (Å²) in [7, 11) is 0. The SMILES string of the molecule is CC(C)CCN(CCCc1ccccc1N)C1CCCC1. The van der Waals surface area contributed by atoms with E-state index in [0.29, 0.717) is 0 Å². The summed E-state index contributed by atoms with van der Waals surface area (Å²) in [5.74, 6) is 0.804. The van der Waals surface area contributed by atoms with E-state index < -0.39 is 0 Å². The maximum Gasteiger partial charge on any atom is 0.0346 e. The standard InChI is InChI=1S/C19H32N2/c1-16(2)13-15-21(18-10-4-5-11-18)14-7-9-17-8-3-6-12-19(17)20/h3,6,8,12,16,18H,4-5,7,9-11,13-15,20H2,1-2H3. The molecule has 1 aromatic rings. The van der Waals surface area contributed by atoms with Gasteiger partial charge in [-0.3, -0.25) is 0 Å². The number of nitrogens with two attached hydrogens (primary N) is 1. The minimum Gasteiger partial charge on any atom is -0.399 e. The van der Waals surface area contributed by atoms with Gasteiger partial charge in [-0.05, 0) is 62.7 Å². The van der Waals surface area contributed by atoms with Crippen LogP contribution in [-0.4, -0.2) is 24.0 Å². The molecule has 1 aliphatic rings. The number of nitrogen functional groups attached to an aromatic ring is 1. The molecule has 0 radical (unpaired) electrons. The van der Waals surface area contributed by atoms with Gasteiger partial charge in [0.15, 0.2) is 0 Å². The Kier molecular flexibility index (Phi) is 6.56. The average molecular weight is 288 g/mol. The highest BCUT2D eigenvalue weighted by atomic mass is 15.2. The third-order valence-corrected chi connectivity index (χ3v) is 4.78. The third-order valence-electron chi connectivity index (χ3n) is 4.78. The van der Waals surface area contributed by atoms with E-state index in [1.54, 1.807) is 0 Å². The monoisotopic (exact) mass is 288 g/mol. The van der Waals surface area contributed by atoms with Gasteiger partial charge >= 0.3 is 0 Å². The first-order valence-corrected chi connectivity index (χ1v) is 8.74. The van der Waals surface area contributed by atoms with Gasteiger partial charge in [-0.25, -0.2) is 0 Å². The van der Waals surface area contributed by atoms with Crippen LogP contribution in [0.25, 0.3) is 0 Å². The second-order valence-corrected chi connectivity index (χ2v) is 6.96. The van der Waals surface area contributed by atoms with Gasteiger partial charge in [0.05, 0.1) is 0 Å². The molecule has 1 fully saturated rings. The predicted octanol–water partition coefficient (Wildman–Crippen LogP) is 4.49. The van der Waals surface area contributed by atoms with Crippen molar-refractivity contribution in [2.24, 2.45) is 5.92 Å². The fourth-order valence-electron chi connectivity index (χ4n) is 3.40. The minimum atomic E-state index is 0.804. The summed E-state index contributed by atoms with van der Waals surface area (Å²) in [5.41, 5.74) is 8.31. The van der Waals surface area contributed by atoms with Crippen LogP contribution in [0.3, 0.4) is 0 Å². The Morgan fingerprint density at radius 1 is 1.14 bits per heavy atom. The van der Waals surface area contributed by atoms with Crippen molar-refractivity contribution >= 4 is 5.69 Å². The summed E-state index contributed by atoms with van der Waals surface area (Å²) in [4.78, 5) is 2.76. The van der Waals surface area contributed by atoms with Crippen molar-refractivity contribution in [2.75, 3.05) is 18.8 Å². The number of anilines is 1. The number of aryl methyl sites for hydroxylation is 1. The first kappa shape index (κ1) is 16.4. The molecule has 1 aliphatic carbocycles. The number of nitrogens with zero attached hydrogens (tertiary/aromatic N) is 1. The van der Waals surface area contributed by atoms with E-state index in [2.05, 4.69) is 30.9 Å². The number of hydrogen-bond acceptors (Lipinski definition) is 2. The van der Waals surface area contributed by atoms with E-state index in [1.807, 2.05) is 12.1 Å². The Morgan fingerprint density at radius 2 is 1.86 bits per heavy atom. The van der Waals surface area contributed by atoms with Crippen molar-refractivity contribution in [3.05, 3.63) is 29.8 Å². The lowest BCUT2D eigenvalue weighted by Gasteiger charge is -2.29. The van der Waals surface area contributed by atoms with Crippen LogP contribution >= 0.6 is 0 Å². The molecule has 2 nitrogen and oxygen atoms in total. The van der Waals surface area contributed by atoms with Crippen LogP contribution in [0.5, 0.6) is 0 Å². The van der Waals surface area contributed by atoms with Crippen LogP contribution in [-0.2, 0) is 6.42 Å². The fraction of sp³-hybridized carbons (Fsp3) is 0.684. The average Bonchev–Trinajstić information content (AvgIpc) is 2.98. The van der Waals surface area contributed by atoms with Gasteiger partial charge in [0.1, 0.15) is 0 Å². The molecule has 0 aromatic heterocycles. The van der Waals surface area contributed by atoms with Gasteiger partial charge in [-0.15, -0.1) is 0 Å². The van der Waals surface area contributed by atoms with Crippen molar-refractivity contribution in [1.29, 1.82) is 0 Å². The summed E-state index contributed by atoms with van der Waals surface area (Å²) in [6.45, 7) is 7.16. The van der Waals surface area contributed by atoms with Gasteiger partial charge in [0.2, 0.25) is 0 Å². The molecule has 1 aromatic carbocycles. The van der Waals surface area contributed by atoms with Crippen LogP contribution in [0.2, 0.25) is 0 Å². The molecule has 2 N–H and O–H groups in total. The smallest absolute Gasteiger partial charge is 0.0346 e. The van der Waals surface area contributed by atoms with Crippen LogP contribution in [0.15, 0.2) is 24.3 Å². The lowest BCUT2D eigenvalue weighted by atomic mass is 10.1. The molecule has 0 spiro atoms. The summed E-state index contributed by atoms with van der Waals surface area (Å²) >= 11 is 0. The van der Waals surface area contributed by atoms with E-state index in [9.17, 15) is 0 Å². The maximum atomic E-state index is 6.04. The highest BCUT2D eigenvalue weighted by Crippen LogP contribution is 2.24. The Hall–Kier alpha value is -1.02. The van der Waals surface area contributed by atoms with Gasteiger partial charge in [-0.1, -0.05) is 44.9 Å². The Bertz CT molecular complexity index is 408. The van der Waals surface area contributed by atoms with Gasteiger partial charge < -0.3 is 10.6 Å². The van der Waals surface area contributed by atoms with Crippen LogP contribution in [0.4, 0.5) is 5.69 Å². The Morgan fingerprint density at radius 3 is 2.52 bits per heavy atom. The van der Waals surface area contributed by atoms with Gasteiger partial charge in [0, 0.05) is 11.7 Å². The molecule has 0 saturated heterocycles. The molecular formula is C19H32N2. The predicted molar refractivity (Wildman–Crippen MR) is 92.5 cm³/mol. The van der Waals surface area contributed by atoms with E-state index in [4.69, 9.17) is 5.73 Å². The van der Waals surface area contributed by atoms with E-state index in [0.717, 1.165) is 24.1 Å². The fourth-order valence-corrected chi connectivity index (χ4v) is 3.40. The first-order valence-electron chi connectivity index (χ1n) is 8.74. The largest absolute Gasteiger partial charge is 0.399 e. The molecule has 2 heteroatoms. The zero-order chi connectivity index (χ0) is 15.1. The molecule has 0 amide bonds. The van der Waals surface area contributed by atoms with E-state index >= 15 is 0 Å². The molecule has 0 aliphatic heterocycles. The van der Waals surface area contributed by atoms with Crippen molar-refractivity contribution in [3.63, 3.8) is 0 Å². The van der Waals surface area contributed by atoms with Crippen LogP contribution in [0.1, 0.15) is 57.9 Å². The van der Waals surface area contributed by atoms with Crippen LogP contribution in [0, 0.1) is 5.92 Å². The zero-order valence-corrected chi connectivity index (χ0v) is 13.9. The van der Waals surface area contributed by atoms with E-state index in [-0.39, 0.29) is 0 Å². The second kappa shape index (κ2) is 8.43. The lowest BCUT2D eigenvalue weighted by Crippen LogP contribution is -2.35. The molecule has 118 valence electrons. The van der Waals surface area contributed by atoms with Gasteiger partial charge in [0.25, 0.3) is 0 Å². The van der Waals surface area contributed by atoms with Crippen molar-refractivity contribution < 1.29 is 0 Å². The highest BCUT2D eigenvalue weighted by molar-refractivity contribution is 5.46. The summed E-state index contributed by atoms with van der Waals surface area (Å²) in [5, 5.41) is 0. The second-order valence-electron chi connectivity index (χ2n) is 6.96.